The van der Waals surface area contributed by atoms with Gasteiger partial charge in [-0.25, -0.2) is 0 Å². The summed E-state index contributed by atoms with van der Waals surface area (Å²) >= 11 is 4.92. The first-order chi connectivity index (χ1) is 9.37. The van der Waals surface area contributed by atoms with Crippen LogP contribution >= 0.6 is 12.2 Å². The molecule has 1 aliphatic rings. The molecule has 0 atom stereocenters. The number of rotatable bonds is 3. The summed E-state index contributed by atoms with van der Waals surface area (Å²) in [5, 5.41) is 0. The normalized spacial score (nSPS) is 17.8. The van der Waals surface area contributed by atoms with Gasteiger partial charge in [-0.3, -0.25) is 4.79 Å². The average molecular weight is 290 g/mol. The molecule has 0 aliphatic carbocycles. The second kappa shape index (κ2) is 5.92. The van der Waals surface area contributed by atoms with Gasteiger partial charge < -0.3 is 10.6 Å². The van der Waals surface area contributed by atoms with E-state index in [4.69, 9.17) is 18.0 Å². The first kappa shape index (κ1) is 15.0. The number of piperidine rings is 1. The van der Waals surface area contributed by atoms with Crippen molar-refractivity contribution in [1.82, 2.24) is 4.90 Å². The molecule has 0 unspecified atom stereocenters. The third-order valence-electron chi connectivity index (χ3n) is 4.06. The molecule has 0 saturated carbocycles. The summed E-state index contributed by atoms with van der Waals surface area (Å²) in [6.07, 6.45) is 2.62. The van der Waals surface area contributed by atoms with Gasteiger partial charge in [-0.1, -0.05) is 50.3 Å². The van der Waals surface area contributed by atoms with Gasteiger partial charge in [0.25, 0.3) is 0 Å². The topological polar surface area (TPSA) is 46.3 Å². The molecule has 0 bridgehead atoms. The van der Waals surface area contributed by atoms with Crippen molar-refractivity contribution in [2.45, 2.75) is 33.1 Å². The van der Waals surface area contributed by atoms with Crippen LogP contribution in [-0.2, 0) is 11.2 Å². The lowest BCUT2D eigenvalue weighted by Gasteiger charge is -2.37. The van der Waals surface area contributed by atoms with Crippen LogP contribution in [0.2, 0.25) is 0 Å². The summed E-state index contributed by atoms with van der Waals surface area (Å²) in [7, 11) is 0. The van der Waals surface area contributed by atoms with Crippen LogP contribution in [0.4, 0.5) is 0 Å². The van der Waals surface area contributed by atoms with Crippen LogP contribution in [0, 0.1) is 5.41 Å². The van der Waals surface area contributed by atoms with Gasteiger partial charge in [-0.05, 0) is 23.8 Å². The zero-order chi connectivity index (χ0) is 14.8. The van der Waals surface area contributed by atoms with E-state index in [2.05, 4.69) is 13.8 Å². The molecular formula is C16H22N2OS. The number of benzene rings is 1. The number of nitrogens with zero attached hydrogens (tertiary/aromatic N) is 1. The van der Waals surface area contributed by atoms with E-state index in [0.717, 1.165) is 37.1 Å². The van der Waals surface area contributed by atoms with E-state index in [1.807, 2.05) is 29.2 Å². The lowest BCUT2D eigenvalue weighted by Crippen LogP contribution is -2.41. The Morgan fingerprint density at radius 3 is 2.30 bits per heavy atom. The molecule has 1 aromatic rings. The number of carbonyl (C=O) groups is 1. The van der Waals surface area contributed by atoms with Crippen molar-refractivity contribution in [1.29, 1.82) is 0 Å². The summed E-state index contributed by atoms with van der Waals surface area (Å²) in [6, 6.07) is 7.62. The maximum atomic E-state index is 12.3. The summed E-state index contributed by atoms with van der Waals surface area (Å²) in [5.41, 5.74) is 7.79. The van der Waals surface area contributed by atoms with Crippen LogP contribution in [-0.4, -0.2) is 28.9 Å². The van der Waals surface area contributed by atoms with Crippen LogP contribution in [0.5, 0.6) is 0 Å². The number of hydrogen-bond donors (Lipinski definition) is 1. The predicted molar refractivity (Wildman–Crippen MR) is 85.6 cm³/mol. The smallest absolute Gasteiger partial charge is 0.226 e. The van der Waals surface area contributed by atoms with Gasteiger partial charge in [0.15, 0.2) is 0 Å². The molecule has 4 heteroatoms. The molecule has 108 valence electrons. The molecule has 1 aromatic carbocycles. The summed E-state index contributed by atoms with van der Waals surface area (Å²) in [5.74, 6) is 0.212. The van der Waals surface area contributed by atoms with Gasteiger partial charge in [-0.15, -0.1) is 0 Å². The van der Waals surface area contributed by atoms with E-state index in [9.17, 15) is 4.79 Å². The first-order valence-electron chi connectivity index (χ1n) is 7.04. The van der Waals surface area contributed by atoms with Crippen LogP contribution in [0.1, 0.15) is 37.8 Å². The Morgan fingerprint density at radius 1 is 1.25 bits per heavy atom. The molecule has 20 heavy (non-hydrogen) atoms. The minimum Gasteiger partial charge on any atom is -0.389 e. The quantitative estimate of drug-likeness (QED) is 0.870. The fourth-order valence-corrected chi connectivity index (χ4v) is 2.57. The Labute approximate surface area is 126 Å². The number of thiocarbonyl (C=S) groups is 1. The van der Waals surface area contributed by atoms with E-state index in [-0.39, 0.29) is 5.91 Å². The Hall–Kier alpha value is -1.42. The maximum Gasteiger partial charge on any atom is 0.226 e. The van der Waals surface area contributed by atoms with Gasteiger partial charge in [0.1, 0.15) is 4.99 Å². The Balaban J connectivity index is 1.93. The molecule has 1 saturated heterocycles. The Kier molecular flexibility index (Phi) is 4.43. The Morgan fingerprint density at radius 2 is 1.80 bits per heavy atom. The molecule has 1 heterocycles. The van der Waals surface area contributed by atoms with Gasteiger partial charge in [0, 0.05) is 18.7 Å². The third-order valence-corrected chi connectivity index (χ3v) is 4.30. The standard InChI is InChI=1S/C16H22N2OS/c1-16(2)7-9-18(10-8-16)14(19)11-12-3-5-13(6-4-12)15(17)20/h3-6H,7-11H2,1-2H3,(H2,17,20). The van der Waals surface area contributed by atoms with Crippen molar-refractivity contribution in [2.75, 3.05) is 13.1 Å². The van der Waals surface area contributed by atoms with Gasteiger partial charge in [0.2, 0.25) is 5.91 Å². The van der Waals surface area contributed by atoms with Crippen LogP contribution < -0.4 is 5.73 Å². The van der Waals surface area contributed by atoms with E-state index < -0.39 is 0 Å². The largest absolute Gasteiger partial charge is 0.389 e. The minimum atomic E-state index is 0.212. The van der Waals surface area contributed by atoms with Crippen molar-refractivity contribution in [2.24, 2.45) is 11.1 Å². The molecule has 2 N–H and O–H groups in total. The second-order valence-corrected chi connectivity index (χ2v) is 6.72. The highest BCUT2D eigenvalue weighted by atomic mass is 32.1. The van der Waals surface area contributed by atoms with Crippen LogP contribution in [0.3, 0.4) is 0 Å². The molecular weight excluding hydrogens is 268 g/mol. The fourth-order valence-electron chi connectivity index (χ4n) is 2.43. The highest BCUT2D eigenvalue weighted by Gasteiger charge is 2.27. The number of carbonyl (C=O) groups excluding carboxylic acids is 1. The molecule has 1 amide bonds. The molecule has 1 fully saturated rings. The summed E-state index contributed by atoms with van der Waals surface area (Å²) in [6.45, 7) is 6.28. The molecule has 0 spiro atoms. The fraction of sp³-hybridized carbons (Fsp3) is 0.500. The van der Waals surface area contributed by atoms with Gasteiger partial charge in [-0.2, -0.15) is 0 Å². The maximum absolute atomic E-state index is 12.3. The molecule has 3 nitrogen and oxygen atoms in total. The lowest BCUT2D eigenvalue weighted by molar-refractivity contribution is -0.132. The van der Waals surface area contributed by atoms with E-state index >= 15 is 0 Å². The predicted octanol–water partition coefficient (Wildman–Crippen LogP) is 2.51. The van der Waals surface area contributed by atoms with E-state index in [1.54, 1.807) is 0 Å². The van der Waals surface area contributed by atoms with Crippen molar-refractivity contribution >= 4 is 23.1 Å². The Bertz CT molecular complexity index is 498. The lowest BCUT2D eigenvalue weighted by atomic mass is 9.82. The van der Waals surface area contributed by atoms with Gasteiger partial charge in [0.05, 0.1) is 6.42 Å². The van der Waals surface area contributed by atoms with E-state index in [1.165, 1.54) is 0 Å². The zero-order valence-electron chi connectivity index (χ0n) is 12.2. The highest BCUT2D eigenvalue weighted by molar-refractivity contribution is 7.80. The molecule has 0 radical (unpaired) electrons. The highest BCUT2D eigenvalue weighted by Crippen LogP contribution is 2.29. The molecule has 1 aliphatic heterocycles. The third kappa shape index (κ3) is 3.79. The van der Waals surface area contributed by atoms with Crippen molar-refractivity contribution in [3.05, 3.63) is 35.4 Å². The summed E-state index contributed by atoms with van der Waals surface area (Å²) in [4.78, 5) is 14.6. The number of amides is 1. The van der Waals surface area contributed by atoms with Crippen molar-refractivity contribution in [3.8, 4) is 0 Å². The van der Waals surface area contributed by atoms with Gasteiger partial charge >= 0.3 is 0 Å². The first-order valence-corrected chi connectivity index (χ1v) is 7.45. The monoisotopic (exact) mass is 290 g/mol. The van der Waals surface area contributed by atoms with E-state index in [0.29, 0.717) is 16.8 Å². The number of nitrogens with two attached hydrogens (primary N) is 1. The minimum absolute atomic E-state index is 0.212. The van der Waals surface area contributed by atoms with Crippen molar-refractivity contribution in [3.63, 3.8) is 0 Å². The average Bonchev–Trinajstić information content (AvgIpc) is 2.39. The van der Waals surface area contributed by atoms with Crippen molar-refractivity contribution < 1.29 is 4.79 Å². The number of likely N-dealkylation sites (tertiary alicyclic amines) is 1. The zero-order valence-corrected chi connectivity index (χ0v) is 13.0. The van der Waals surface area contributed by atoms with Crippen LogP contribution in [0.15, 0.2) is 24.3 Å². The SMILES string of the molecule is CC1(C)CCN(C(=O)Cc2ccc(C(N)=S)cc2)CC1. The summed E-state index contributed by atoms with van der Waals surface area (Å²) < 4.78 is 0. The number of hydrogen-bond acceptors (Lipinski definition) is 2. The van der Waals surface area contributed by atoms with Crippen LogP contribution in [0.25, 0.3) is 0 Å². The molecule has 0 aromatic heterocycles. The second-order valence-electron chi connectivity index (χ2n) is 6.28. The molecule has 2 rings (SSSR count).